The van der Waals surface area contributed by atoms with Gasteiger partial charge in [-0.2, -0.15) is 5.01 Å². The van der Waals surface area contributed by atoms with E-state index in [2.05, 4.69) is 10.4 Å². The number of imide groups is 2. The summed E-state index contributed by atoms with van der Waals surface area (Å²) in [7, 11) is 0. The lowest BCUT2D eigenvalue weighted by atomic mass is 9.48. The van der Waals surface area contributed by atoms with E-state index in [0.717, 1.165) is 10.4 Å². The number of carbonyl (C=O) groups excluding carboxylic acids is 4. The molecule has 300 valence electrons. The van der Waals surface area contributed by atoms with E-state index in [1.54, 1.807) is 60.7 Å². The van der Waals surface area contributed by atoms with Gasteiger partial charge in [-0.05, 0) is 114 Å². The number of rotatable bonds is 6. The predicted molar refractivity (Wildman–Crippen MR) is 227 cm³/mol. The van der Waals surface area contributed by atoms with Crippen LogP contribution in [0.25, 0.3) is 33.3 Å². The molecule has 7 aromatic rings. The van der Waals surface area contributed by atoms with Gasteiger partial charge in [0.15, 0.2) is 5.58 Å². The van der Waals surface area contributed by atoms with Crippen LogP contribution in [-0.4, -0.2) is 38.7 Å². The first kappa shape index (κ1) is 36.9. The number of allylic oxidation sites excluding steroid dienone is 2. The summed E-state index contributed by atoms with van der Waals surface area (Å²) in [6, 6.07) is 37.4. The minimum Gasteiger partial charge on any atom is -0.508 e. The molecule has 0 spiro atoms. The van der Waals surface area contributed by atoms with E-state index in [9.17, 15) is 19.1 Å². The maximum absolute atomic E-state index is 15.6. The Kier molecular flexibility index (Phi) is 8.30. The molecule has 10 nitrogen and oxygen atoms in total. The molecule has 12 heteroatoms. The van der Waals surface area contributed by atoms with Crippen molar-refractivity contribution in [1.29, 1.82) is 0 Å². The van der Waals surface area contributed by atoms with Gasteiger partial charge in [0.2, 0.25) is 17.7 Å². The number of carbonyl (C=O) groups is 4. The lowest BCUT2D eigenvalue weighted by Gasteiger charge is -2.51. The average molecular weight is 829 g/mol. The Bertz CT molecular complexity index is 2990. The number of halogens is 2. The molecule has 3 heterocycles. The summed E-state index contributed by atoms with van der Waals surface area (Å²) in [5, 5.41) is 14.9. The van der Waals surface area contributed by atoms with Crippen LogP contribution in [0.1, 0.15) is 29.9 Å². The molecule has 0 radical (unpaired) electrons. The highest BCUT2D eigenvalue weighted by molar-refractivity contribution is 6.30. The molecule has 11 rings (SSSR count). The number of aromatic hydroxyl groups is 1. The fourth-order valence-corrected chi connectivity index (χ4v) is 10.7. The number of anilines is 2. The van der Waals surface area contributed by atoms with Crippen molar-refractivity contribution in [2.24, 2.45) is 23.7 Å². The van der Waals surface area contributed by atoms with Gasteiger partial charge in [0.05, 0.1) is 34.5 Å². The molecule has 6 atom stereocenters. The molecule has 1 aromatic heterocycles. The number of aromatic nitrogens is 1. The zero-order chi connectivity index (χ0) is 41.7. The van der Waals surface area contributed by atoms with Crippen molar-refractivity contribution in [3.05, 3.63) is 167 Å². The van der Waals surface area contributed by atoms with E-state index in [1.165, 1.54) is 29.2 Å². The van der Waals surface area contributed by atoms with Gasteiger partial charge in [-0.15, -0.1) is 0 Å². The molecular weight excluding hydrogens is 795 g/mol. The van der Waals surface area contributed by atoms with Gasteiger partial charge in [0, 0.05) is 22.1 Å². The summed E-state index contributed by atoms with van der Waals surface area (Å²) in [6.45, 7) is 0. The summed E-state index contributed by atoms with van der Waals surface area (Å²) in [6.07, 6.45) is 2.19. The largest absolute Gasteiger partial charge is 0.508 e. The Morgan fingerprint density at radius 1 is 0.787 bits per heavy atom. The maximum Gasteiger partial charge on any atom is 0.260 e. The Morgan fingerprint density at radius 3 is 2.30 bits per heavy atom. The number of hydrogen-bond acceptors (Lipinski definition) is 8. The van der Waals surface area contributed by atoms with Crippen LogP contribution in [0, 0.1) is 29.5 Å². The second kappa shape index (κ2) is 13.7. The van der Waals surface area contributed by atoms with Gasteiger partial charge in [-0.1, -0.05) is 77.8 Å². The Labute approximate surface area is 352 Å². The van der Waals surface area contributed by atoms with Crippen molar-refractivity contribution >= 4 is 68.5 Å². The molecule has 4 aliphatic rings. The topological polar surface area (TPSA) is 133 Å². The quantitative estimate of drug-likeness (QED) is 0.125. The molecule has 2 aliphatic carbocycles. The molecule has 61 heavy (non-hydrogen) atoms. The molecular formula is C49H34ClFN4O6. The average Bonchev–Trinajstić information content (AvgIpc) is 3.89. The van der Waals surface area contributed by atoms with Gasteiger partial charge >= 0.3 is 0 Å². The fourth-order valence-electron chi connectivity index (χ4n) is 10.6. The van der Waals surface area contributed by atoms with Crippen molar-refractivity contribution in [3.63, 3.8) is 0 Å². The summed E-state index contributed by atoms with van der Waals surface area (Å²) in [4.78, 5) is 65.9. The number of oxazole rings is 1. The lowest BCUT2D eigenvalue weighted by molar-refractivity contribution is -0.138. The molecule has 2 N–H and O–H groups in total. The number of hydrazine groups is 1. The van der Waals surface area contributed by atoms with Crippen molar-refractivity contribution in [3.8, 4) is 17.2 Å². The monoisotopic (exact) mass is 828 g/mol. The minimum absolute atomic E-state index is 0.0490. The number of nitrogens with zero attached hydrogens (tertiary/aromatic N) is 3. The van der Waals surface area contributed by atoms with E-state index < -0.39 is 58.5 Å². The summed E-state index contributed by atoms with van der Waals surface area (Å²) in [5.74, 6) is -6.39. The van der Waals surface area contributed by atoms with Crippen LogP contribution in [0.4, 0.5) is 15.8 Å². The van der Waals surface area contributed by atoms with Gasteiger partial charge in [-0.25, -0.2) is 9.37 Å². The number of fused-ring (bicyclic) bond motifs is 6. The molecule has 1 saturated carbocycles. The van der Waals surface area contributed by atoms with Gasteiger partial charge in [-0.3, -0.25) is 29.5 Å². The number of amides is 4. The Balaban J connectivity index is 1.06. The molecule has 0 bridgehead atoms. The zero-order valence-electron chi connectivity index (χ0n) is 32.2. The lowest BCUT2D eigenvalue weighted by Crippen LogP contribution is -2.53. The van der Waals surface area contributed by atoms with Gasteiger partial charge < -0.3 is 9.52 Å². The van der Waals surface area contributed by atoms with Crippen LogP contribution in [0.3, 0.4) is 0 Å². The maximum atomic E-state index is 15.6. The molecule has 6 unspecified atom stereocenters. The van der Waals surface area contributed by atoms with E-state index in [-0.39, 0.29) is 24.5 Å². The van der Waals surface area contributed by atoms with Crippen LogP contribution in [0.5, 0.6) is 5.75 Å². The van der Waals surface area contributed by atoms with Crippen LogP contribution >= 0.6 is 11.6 Å². The molecule has 2 saturated heterocycles. The molecule has 2 aliphatic heterocycles. The summed E-state index contributed by atoms with van der Waals surface area (Å²) >= 11 is 6.45. The second-order valence-corrected chi connectivity index (χ2v) is 16.6. The highest BCUT2D eigenvalue weighted by atomic mass is 35.5. The fraction of sp³-hybridized carbons (Fsp3) is 0.163. The molecule has 6 aromatic carbocycles. The van der Waals surface area contributed by atoms with Crippen molar-refractivity contribution in [1.82, 2.24) is 9.99 Å². The van der Waals surface area contributed by atoms with E-state index in [4.69, 9.17) is 16.0 Å². The first-order valence-corrected chi connectivity index (χ1v) is 20.4. The summed E-state index contributed by atoms with van der Waals surface area (Å²) in [5.41, 5.74) is 5.65. The third-order valence-corrected chi connectivity index (χ3v) is 13.4. The van der Waals surface area contributed by atoms with E-state index in [1.807, 2.05) is 54.6 Å². The number of para-hydroxylation sites is 2. The van der Waals surface area contributed by atoms with Crippen LogP contribution in [0.2, 0.25) is 5.02 Å². The smallest absolute Gasteiger partial charge is 0.260 e. The van der Waals surface area contributed by atoms with Crippen molar-refractivity contribution < 1.29 is 33.1 Å². The second-order valence-electron chi connectivity index (χ2n) is 16.1. The SMILES string of the molecule is O=C1C2CC3C(=CCC4C(=O)N(c5ccc(-c6nc7ccccc7o6)cc5)C(=O)C43)C(c3c(O)ccc4ccccc34)C2(c2ccc(Cl)cc2)C(=O)N1Nc1ccc(F)cc1. The van der Waals surface area contributed by atoms with E-state index >= 15 is 9.59 Å². The van der Waals surface area contributed by atoms with E-state index in [0.29, 0.717) is 61.0 Å². The standard InChI is InChI=1S/C49H34ClFN4O6/c50-29-14-12-28(13-15-29)49-37(46(58)55(48(49)60)53-31-18-16-30(51)17-19-31)25-36-34(43(49)42-33-6-2-1-5-26(33)11-24-39(42)56)22-23-35-41(36)47(59)54(45(35)57)32-20-9-27(10-21-32)44-52-38-7-3-4-8-40(38)61-44/h1-22,24,35-37,41,43,53,56H,23,25H2. The zero-order valence-corrected chi connectivity index (χ0v) is 32.9. The first-order valence-electron chi connectivity index (χ1n) is 20.0. The third kappa shape index (κ3) is 5.43. The molecule has 4 amide bonds. The number of nitrogens with one attached hydrogen (secondary N) is 1. The third-order valence-electron chi connectivity index (χ3n) is 13.2. The summed E-state index contributed by atoms with van der Waals surface area (Å²) < 4.78 is 20.0. The van der Waals surface area contributed by atoms with Crippen LogP contribution < -0.4 is 10.3 Å². The van der Waals surface area contributed by atoms with Gasteiger partial charge in [0.25, 0.3) is 11.8 Å². The Hall–Kier alpha value is -7.11. The van der Waals surface area contributed by atoms with Crippen molar-refractivity contribution in [2.45, 2.75) is 24.2 Å². The predicted octanol–water partition coefficient (Wildman–Crippen LogP) is 9.34. The van der Waals surface area contributed by atoms with Crippen LogP contribution in [-0.2, 0) is 24.6 Å². The highest BCUT2D eigenvalue weighted by Gasteiger charge is 2.71. The number of hydrogen-bond donors (Lipinski definition) is 2. The van der Waals surface area contributed by atoms with Gasteiger partial charge in [0.1, 0.15) is 17.1 Å². The number of phenolic OH excluding ortho intramolecular Hbond substituents is 1. The number of phenols is 1. The normalized spacial score (nSPS) is 24.6. The molecule has 3 fully saturated rings. The highest BCUT2D eigenvalue weighted by Crippen LogP contribution is 2.65. The minimum atomic E-state index is -1.66. The first-order chi connectivity index (χ1) is 29.6. The van der Waals surface area contributed by atoms with Crippen LogP contribution in [0.15, 0.2) is 150 Å². The number of benzene rings is 6. The Morgan fingerprint density at radius 2 is 1.52 bits per heavy atom. The van der Waals surface area contributed by atoms with Crippen molar-refractivity contribution in [2.75, 3.05) is 10.3 Å².